The topological polar surface area (TPSA) is 50.7 Å². The zero-order valence-electron chi connectivity index (χ0n) is 6.34. The number of rotatable bonds is 0. The van der Waals surface area contributed by atoms with E-state index in [9.17, 15) is 4.79 Å². The molecule has 0 atom stereocenters. The van der Waals surface area contributed by atoms with Crippen LogP contribution in [0.15, 0.2) is 21.7 Å². The van der Waals surface area contributed by atoms with E-state index >= 15 is 0 Å². The van der Waals surface area contributed by atoms with Crippen LogP contribution in [0.1, 0.15) is 0 Å². The number of fused-ring (bicyclic) bond motifs is 1. The first-order valence-electron chi connectivity index (χ1n) is 3.39. The van der Waals surface area contributed by atoms with Gasteiger partial charge < -0.3 is 4.98 Å². The molecule has 0 fully saturated rings. The van der Waals surface area contributed by atoms with Crippen LogP contribution in [0.2, 0.25) is 0 Å². The van der Waals surface area contributed by atoms with E-state index in [1.54, 1.807) is 24.0 Å². The summed E-state index contributed by atoms with van der Waals surface area (Å²) >= 11 is 3.19. The minimum absolute atomic E-state index is 0.118. The Morgan fingerprint density at radius 2 is 2.42 bits per heavy atom. The molecule has 0 saturated heterocycles. The fraction of sp³-hybridized carbons (Fsp3) is 0.143. The maximum Gasteiger partial charge on any atom is 0.259 e. The molecule has 5 heteroatoms. The number of aromatic nitrogens is 3. The summed E-state index contributed by atoms with van der Waals surface area (Å²) in [6.45, 7) is 0. The van der Waals surface area contributed by atoms with Crippen molar-refractivity contribution < 1.29 is 0 Å². The zero-order chi connectivity index (χ0) is 8.72. The lowest BCUT2D eigenvalue weighted by Crippen LogP contribution is -2.04. The molecule has 1 N–H and O–H groups in total. The maximum absolute atomic E-state index is 11.3. The molecule has 0 radical (unpaired) electrons. The predicted molar refractivity (Wildman–Crippen MR) is 49.0 cm³/mol. The molecule has 0 aliphatic carbocycles. The minimum atomic E-state index is -0.118. The highest BCUT2D eigenvalue weighted by Crippen LogP contribution is 2.10. The van der Waals surface area contributed by atoms with Gasteiger partial charge in [-0.05, 0) is 22.0 Å². The molecular formula is C7H6BrN3O. The Morgan fingerprint density at radius 1 is 1.67 bits per heavy atom. The number of halogens is 1. The largest absolute Gasteiger partial charge is 0.316 e. The van der Waals surface area contributed by atoms with Crippen molar-refractivity contribution in [3.63, 3.8) is 0 Å². The summed E-state index contributed by atoms with van der Waals surface area (Å²) in [6.07, 6.45) is 1.70. The third kappa shape index (κ3) is 1.06. The van der Waals surface area contributed by atoms with Crippen molar-refractivity contribution in [2.24, 2.45) is 7.05 Å². The van der Waals surface area contributed by atoms with E-state index < -0.39 is 0 Å². The van der Waals surface area contributed by atoms with Crippen molar-refractivity contribution in [3.05, 3.63) is 27.2 Å². The van der Waals surface area contributed by atoms with Gasteiger partial charge in [0.2, 0.25) is 0 Å². The summed E-state index contributed by atoms with van der Waals surface area (Å²) in [7, 11) is 1.79. The number of H-pyrrole nitrogens is 1. The van der Waals surface area contributed by atoms with Gasteiger partial charge in [0.05, 0.1) is 9.99 Å². The molecule has 0 aliphatic heterocycles. The Kier molecular flexibility index (Phi) is 1.54. The smallest absolute Gasteiger partial charge is 0.259 e. The van der Waals surface area contributed by atoms with Gasteiger partial charge in [0.15, 0.2) is 0 Å². The average Bonchev–Trinajstić information content (AvgIpc) is 2.29. The Bertz CT molecular complexity index is 485. The summed E-state index contributed by atoms with van der Waals surface area (Å²) in [5.74, 6) is 0. The fourth-order valence-corrected chi connectivity index (χ4v) is 1.52. The van der Waals surface area contributed by atoms with E-state index in [1.807, 2.05) is 0 Å². The van der Waals surface area contributed by atoms with Crippen LogP contribution in [-0.4, -0.2) is 14.8 Å². The number of aryl methyl sites for hydroxylation is 1. The molecule has 12 heavy (non-hydrogen) atoms. The Labute approximate surface area is 76.3 Å². The highest BCUT2D eigenvalue weighted by atomic mass is 79.9. The van der Waals surface area contributed by atoms with Gasteiger partial charge in [-0.2, -0.15) is 5.10 Å². The summed E-state index contributed by atoms with van der Waals surface area (Å²) < 4.78 is 2.27. The zero-order valence-corrected chi connectivity index (χ0v) is 7.92. The van der Waals surface area contributed by atoms with E-state index in [1.165, 1.54) is 0 Å². The minimum Gasteiger partial charge on any atom is -0.316 e. The number of hydrogen-bond acceptors (Lipinski definition) is 2. The molecule has 2 rings (SSSR count). The Balaban J connectivity index is 2.98. The first kappa shape index (κ1) is 7.54. The van der Waals surface area contributed by atoms with E-state index in [4.69, 9.17) is 0 Å². The molecule has 0 aromatic carbocycles. The Morgan fingerprint density at radius 3 is 3.17 bits per heavy atom. The molecule has 2 heterocycles. The number of pyridine rings is 1. The van der Waals surface area contributed by atoms with Crippen molar-refractivity contribution >= 4 is 26.8 Å². The molecule has 2 aromatic rings. The van der Waals surface area contributed by atoms with Crippen molar-refractivity contribution in [1.29, 1.82) is 0 Å². The average molecular weight is 228 g/mol. The van der Waals surface area contributed by atoms with Crippen molar-refractivity contribution in [2.45, 2.75) is 0 Å². The summed E-state index contributed by atoms with van der Waals surface area (Å²) in [6, 6.07) is 1.77. The SMILES string of the molecule is Cn1cc2c(=O)[nH]c(Br)cc2n1. The van der Waals surface area contributed by atoms with Gasteiger partial charge in [-0.25, -0.2) is 0 Å². The third-order valence-corrected chi connectivity index (χ3v) is 2.03. The van der Waals surface area contributed by atoms with E-state index in [0.29, 0.717) is 15.5 Å². The first-order chi connectivity index (χ1) is 5.66. The summed E-state index contributed by atoms with van der Waals surface area (Å²) in [5.41, 5.74) is 0.584. The monoisotopic (exact) mass is 227 g/mol. The molecule has 2 aromatic heterocycles. The Hall–Kier alpha value is -1.10. The lowest BCUT2D eigenvalue weighted by molar-refractivity contribution is 0.779. The molecule has 0 bridgehead atoms. The quantitative estimate of drug-likeness (QED) is 0.684. The van der Waals surface area contributed by atoms with E-state index in [2.05, 4.69) is 26.0 Å². The lowest BCUT2D eigenvalue weighted by Gasteiger charge is -1.88. The van der Waals surface area contributed by atoms with Gasteiger partial charge >= 0.3 is 0 Å². The highest BCUT2D eigenvalue weighted by molar-refractivity contribution is 9.10. The van der Waals surface area contributed by atoms with Gasteiger partial charge in [0.25, 0.3) is 5.56 Å². The summed E-state index contributed by atoms with van der Waals surface area (Å²) in [4.78, 5) is 13.9. The fourth-order valence-electron chi connectivity index (χ4n) is 1.12. The molecule has 0 unspecified atom stereocenters. The van der Waals surface area contributed by atoms with E-state index in [-0.39, 0.29) is 5.56 Å². The number of nitrogens with one attached hydrogen (secondary N) is 1. The van der Waals surface area contributed by atoms with Crippen molar-refractivity contribution in [1.82, 2.24) is 14.8 Å². The second kappa shape index (κ2) is 2.45. The molecule has 62 valence electrons. The van der Waals surface area contributed by atoms with Crippen LogP contribution in [0.5, 0.6) is 0 Å². The van der Waals surface area contributed by atoms with Gasteiger partial charge in [0, 0.05) is 13.2 Å². The number of nitrogens with zero attached hydrogens (tertiary/aromatic N) is 2. The van der Waals surface area contributed by atoms with Crippen molar-refractivity contribution in [3.8, 4) is 0 Å². The van der Waals surface area contributed by atoms with Crippen molar-refractivity contribution in [2.75, 3.05) is 0 Å². The second-order valence-corrected chi connectivity index (χ2v) is 3.40. The molecule has 0 aliphatic rings. The van der Waals surface area contributed by atoms with Crippen LogP contribution in [-0.2, 0) is 7.05 Å². The van der Waals surface area contributed by atoms with Crippen LogP contribution in [0.25, 0.3) is 10.9 Å². The van der Waals surface area contributed by atoms with Crippen LogP contribution >= 0.6 is 15.9 Å². The van der Waals surface area contributed by atoms with Crippen LogP contribution in [0, 0.1) is 0 Å². The molecule has 4 nitrogen and oxygen atoms in total. The lowest BCUT2D eigenvalue weighted by atomic mass is 10.3. The number of aromatic amines is 1. The standard InChI is InChI=1S/C7H6BrN3O/c1-11-3-4-5(10-11)2-6(8)9-7(4)12/h2-3H,1H3,(H,9,12). The maximum atomic E-state index is 11.3. The van der Waals surface area contributed by atoms with Crippen LogP contribution < -0.4 is 5.56 Å². The van der Waals surface area contributed by atoms with Crippen LogP contribution in [0.4, 0.5) is 0 Å². The third-order valence-electron chi connectivity index (χ3n) is 1.60. The van der Waals surface area contributed by atoms with Gasteiger partial charge in [-0.1, -0.05) is 0 Å². The summed E-state index contributed by atoms with van der Waals surface area (Å²) in [5, 5.41) is 4.71. The van der Waals surface area contributed by atoms with E-state index in [0.717, 1.165) is 0 Å². The first-order valence-corrected chi connectivity index (χ1v) is 4.18. The molecular weight excluding hydrogens is 222 g/mol. The van der Waals surface area contributed by atoms with Gasteiger partial charge in [0.1, 0.15) is 5.52 Å². The van der Waals surface area contributed by atoms with Gasteiger partial charge in [-0.15, -0.1) is 0 Å². The second-order valence-electron chi connectivity index (χ2n) is 2.55. The van der Waals surface area contributed by atoms with Gasteiger partial charge in [-0.3, -0.25) is 9.48 Å². The molecule has 0 spiro atoms. The number of hydrogen-bond donors (Lipinski definition) is 1. The molecule has 0 saturated carbocycles. The normalized spacial score (nSPS) is 10.8. The molecule has 0 amide bonds. The highest BCUT2D eigenvalue weighted by Gasteiger charge is 2.02. The predicted octanol–water partition coefficient (Wildman–Crippen LogP) is 1.02. The van der Waals surface area contributed by atoms with Crippen LogP contribution in [0.3, 0.4) is 0 Å².